The summed E-state index contributed by atoms with van der Waals surface area (Å²) in [6, 6.07) is 15.3. The van der Waals surface area contributed by atoms with Crippen molar-refractivity contribution in [1.82, 2.24) is 9.97 Å². The summed E-state index contributed by atoms with van der Waals surface area (Å²) in [5.41, 5.74) is 4.64. The Morgan fingerprint density at radius 3 is 1.86 bits per heavy atom. The Kier molecular flexibility index (Phi) is 12.9. The lowest BCUT2D eigenvalue weighted by atomic mass is 10.0. The van der Waals surface area contributed by atoms with Gasteiger partial charge in [-0.3, -0.25) is 9.97 Å². The van der Waals surface area contributed by atoms with Gasteiger partial charge in [0.05, 0.1) is 23.1 Å². The predicted molar refractivity (Wildman–Crippen MR) is 153 cm³/mol. The van der Waals surface area contributed by atoms with Gasteiger partial charge in [-0.25, -0.2) is 4.79 Å². The second-order valence-electron chi connectivity index (χ2n) is 10.0. The van der Waals surface area contributed by atoms with Crippen LogP contribution in [-0.2, 0) is 12.8 Å². The molecule has 3 aromatic rings. The van der Waals surface area contributed by atoms with Crippen molar-refractivity contribution in [1.29, 1.82) is 0 Å². The van der Waals surface area contributed by atoms with E-state index < -0.39 is 0 Å². The summed E-state index contributed by atoms with van der Waals surface area (Å²) in [7, 11) is 0. The molecule has 0 aliphatic carbocycles. The van der Waals surface area contributed by atoms with Crippen LogP contribution in [0.25, 0.3) is 11.3 Å². The quantitative estimate of drug-likeness (QED) is 0.105. The van der Waals surface area contributed by atoms with Crippen LogP contribution in [-0.4, -0.2) is 15.9 Å². The molecule has 3 rings (SSSR count). The van der Waals surface area contributed by atoms with E-state index in [-0.39, 0.29) is 5.97 Å². The number of carbonyl (C=O) groups excluding carboxylic acids is 1. The van der Waals surface area contributed by atoms with Gasteiger partial charge in [-0.2, -0.15) is 0 Å². The molecule has 0 spiro atoms. The molecule has 0 aliphatic rings. The average Bonchev–Trinajstić information content (AvgIpc) is 2.94. The zero-order chi connectivity index (χ0) is 26.1. The third kappa shape index (κ3) is 10.5. The van der Waals surface area contributed by atoms with E-state index in [2.05, 4.69) is 35.9 Å². The standard InChI is InChI=1S/C33H44N2O2/c1-3-5-7-8-9-10-11-12-13-14-15-27-17-19-29(20-18-27)33(36)37-31-23-21-28(22-24-31)32-26-34-30(25-35-32)16-6-4-2/h17-26H,3-16H2,1-2H3. The van der Waals surface area contributed by atoms with Crippen molar-refractivity contribution in [2.75, 3.05) is 0 Å². The van der Waals surface area contributed by atoms with Gasteiger partial charge in [0.1, 0.15) is 5.75 Å². The molecule has 4 heteroatoms. The van der Waals surface area contributed by atoms with Crippen molar-refractivity contribution in [2.45, 2.75) is 104 Å². The molecular formula is C33H44N2O2. The smallest absolute Gasteiger partial charge is 0.343 e. The summed E-state index contributed by atoms with van der Waals surface area (Å²) < 4.78 is 5.59. The second kappa shape index (κ2) is 16.7. The van der Waals surface area contributed by atoms with Crippen LogP contribution in [0.5, 0.6) is 5.75 Å². The third-order valence-electron chi connectivity index (χ3n) is 6.86. The van der Waals surface area contributed by atoms with Gasteiger partial charge in [0.15, 0.2) is 0 Å². The minimum atomic E-state index is -0.335. The normalized spacial score (nSPS) is 11.0. The van der Waals surface area contributed by atoms with E-state index in [0.717, 1.165) is 42.6 Å². The van der Waals surface area contributed by atoms with Crippen LogP contribution in [0, 0.1) is 0 Å². The third-order valence-corrected chi connectivity index (χ3v) is 6.86. The number of esters is 1. The van der Waals surface area contributed by atoms with E-state index in [1.54, 1.807) is 12.1 Å². The fourth-order valence-electron chi connectivity index (χ4n) is 4.47. The SMILES string of the molecule is CCCCCCCCCCCCc1ccc(C(=O)Oc2ccc(-c3cnc(CCCC)cn3)cc2)cc1. The van der Waals surface area contributed by atoms with E-state index >= 15 is 0 Å². The van der Waals surface area contributed by atoms with Crippen LogP contribution in [0.15, 0.2) is 60.9 Å². The Morgan fingerprint density at radius 2 is 1.27 bits per heavy atom. The highest BCUT2D eigenvalue weighted by Crippen LogP contribution is 2.21. The molecule has 198 valence electrons. The monoisotopic (exact) mass is 500 g/mol. The molecule has 1 aromatic heterocycles. The molecular weight excluding hydrogens is 456 g/mol. The molecule has 0 aliphatic heterocycles. The van der Waals surface area contributed by atoms with Crippen LogP contribution >= 0.6 is 0 Å². The van der Waals surface area contributed by atoms with E-state index in [1.807, 2.05) is 36.7 Å². The minimum absolute atomic E-state index is 0.335. The Labute approximate surface area is 223 Å². The molecule has 0 N–H and O–H groups in total. The van der Waals surface area contributed by atoms with E-state index in [9.17, 15) is 4.79 Å². The molecule has 0 radical (unpaired) electrons. The Balaban J connectivity index is 1.37. The van der Waals surface area contributed by atoms with Gasteiger partial charge in [0.25, 0.3) is 0 Å². The van der Waals surface area contributed by atoms with Crippen molar-refractivity contribution >= 4 is 5.97 Å². The first-order chi connectivity index (χ1) is 18.2. The minimum Gasteiger partial charge on any atom is -0.423 e. The fourth-order valence-corrected chi connectivity index (χ4v) is 4.47. The van der Waals surface area contributed by atoms with Gasteiger partial charge in [0.2, 0.25) is 0 Å². The number of aromatic nitrogens is 2. The summed E-state index contributed by atoms with van der Waals surface area (Å²) in [5, 5.41) is 0. The Hall–Kier alpha value is -3.01. The van der Waals surface area contributed by atoms with Crippen LogP contribution < -0.4 is 4.74 Å². The average molecular weight is 501 g/mol. The summed E-state index contributed by atoms with van der Waals surface area (Å²) >= 11 is 0. The highest BCUT2D eigenvalue weighted by atomic mass is 16.5. The summed E-state index contributed by atoms with van der Waals surface area (Å²) in [6.07, 6.45) is 21.4. The molecule has 0 bridgehead atoms. The van der Waals surface area contributed by atoms with Gasteiger partial charge in [-0.15, -0.1) is 0 Å². The zero-order valence-electron chi connectivity index (χ0n) is 22.9. The lowest BCUT2D eigenvalue weighted by Crippen LogP contribution is -2.08. The van der Waals surface area contributed by atoms with Gasteiger partial charge in [-0.1, -0.05) is 90.2 Å². The number of hydrogen-bond donors (Lipinski definition) is 0. The molecule has 2 aromatic carbocycles. The molecule has 4 nitrogen and oxygen atoms in total. The number of unbranched alkanes of at least 4 members (excludes halogenated alkanes) is 10. The van der Waals surface area contributed by atoms with E-state index in [1.165, 1.54) is 69.8 Å². The van der Waals surface area contributed by atoms with Gasteiger partial charge in [0, 0.05) is 11.8 Å². The van der Waals surface area contributed by atoms with Crippen LogP contribution in [0.1, 0.15) is 113 Å². The number of aryl methyl sites for hydroxylation is 2. The summed E-state index contributed by atoms with van der Waals surface area (Å²) in [4.78, 5) is 21.6. The highest BCUT2D eigenvalue weighted by Gasteiger charge is 2.09. The first-order valence-electron chi connectivity index (χ1n) is 14.4. The van der Waals surface area contributed by atoms with Crippen molar-refractivity contribution in [2.24, 2.45) is 0 Å². The first kappa shape index (κ1) is 28.6. The second-order valence-corrected chi connectivity index (χ2v) is 10.0. The molecule has 1 heterocycles. The summed E-state index contributed by atoms with van der Waals surface area (Å²) in [6.45, 7) is 4.44. The number of hydrogen-bond acceptors (Lipinski definition) is 4. The van der Waals surface area contributed by atoms with Crippen molar-refractivity contribution in [3.05, 3.63) is 77.7 Å². The Morgan fingerprint density at radius 1 is 0.649 bits per heavy atom. The molecule has 0 saturated heterocycles. The number of carbonyl (C=O) groups is 1. The van der Waals surface area contributed by atoms with Crippen LogP contribution in [0.3, 0.4) is 0 Å². The van der Waals surface area contributed by atoms with Crippen LogP contribution in [0.2, 0.25) is 0 Å². The highest BCUT2D eigenvalue weighted by molar-refractivity contribution is 5.91. The lowest BCUT2D eigenvalue weighted by molar-refractivity contribution is 0.0735. The van der Waals surface area contributed by atoms with Crippen molar-refractivity contribution in [3.8, 4) is 17.0 Å². The maximum Gasteiger partial charge on any atom is 0.343 e. The van der Waals surface area contributed by atoms with Gasteiger partial charge >= 0.3 is 5.97 Å². The van der Waals surface area contributed by atoms with Gasteiger partial charge in [-0.05, 0) is 67.6 Å². The number of rotatable bonds is 17. The maximum absolute atomic E-state index is 12.6. The predicted octanol–water partition coefficient (Wildman–Crippen LogP) is 9.17. The lowest BCUT2D eigenvalue weighted by Gasteiger charge is -2.07. The van der Waals surface area contributed by atoms with Crippen molar-refractivity contribution < 1.29 is 9.53 Å². The zero-order valence-corrected chi connectivity index (χ0v) is 22.9. The fraction of sp³-hybridized carbons (Fsp3) is 0.485. The number of nitrogens with zero attached hydrogens (tertiary/aromatic N) is 2. The molecule has 0 atom stereocenters. The van der Waals surface area contributed by atoms with Crippen molar-refractivity contribution in [3.63, 3.8) is 0 Å². The number of benzene rings is 2. The Bertz CT molecular complexity index is 1030. The molecule has 0 saturated carbocycles. The molecule has 0 amide bonds. The van der Waals surface area contributed by atoms with Gasteiger partial charge < -0.3 is 4.74 Å². The topological polar surface area (TPSA) is 52.1 Å². The van der Waals surface area contributed by atoms with E-state index in [0.29, 0.717) is 11.3 Å². The van der Waals surface area contributed by atoms with E-state index in [4.69, 9.17) is 4.74 Å². The van der Waals surface area contributed by atoms with Crippen LogP contribution in [0.4, 0.5) is 0 Å². The number of ether oxygens (including phenoxy) is 1. The maximum atomic E-state index is 12.6. The largest absolute Gasteiger partial charge is 0.423 e. The first-order valence-corrected chi connectivity index (χ1v) is 14.4. The molecule has 0 fully saturated rings. The molecule has 37 heavy (non-hydrogen) atoms. The molecule has 0 unspecified atom stereocenters. The summed E-state index contributed by atoms with van der Waals surface area (Å²) in [5.74, 6) is 0.189.